The molecule has 0 spiro atoms. The Kier molecular flexibility index (Phi) is 10.3. The number of nitrogens with one attached hydrogen (secondary N) is 2. The maximum atomic E-state index is 15.0. The summed E-state index contributed by atoms with van der Waals surface area (Å²) in [7, 11) is 1.06. The Bertz CT molecular complexity index is 1700. The van der Waals surface area contributed by atoms with Gasteiger partial charge in [-0.15, -0.1) is 0 Å². The average molecular weight is 676 g/mol. The van der Waals surface area contributed by atoms with Crippen LogP contribution in [-0.2, 0) is 30.0 Å². The summed E-state index contributed by atoms with van der Waals surface area (Å²) in [6.07, 6.45) is -7.02. The van der Waals surface area contributed by atoms with Crippen LogP contribution in [0.3, 0.4) is 0 Å². The normalized spacial score (nSPS) is 20.9. The van der Waals surface area contributed by atoms with Crippen LogP contribution in [0.25, 0.3) is 11.0 Å². The number of fused-ring (bicyclic) bond motifs is 1. The minimum atomic E-state index is -4.71. The minimum absolute atomic E-state index is 0.252. The van der Waals surface area contributed by atoms with E-state index in [-0.39, 0.29) is 18.2 Å². The molecule has 1 aromatic carbocycles. The lowest BCUT2D eigenvalue weighted by Crippen LogP contribution is -2.42. The van der Waals surface area contributed by atoms with Gasteiger partial charge < -0.3 is 38.3 Å². The number of benzene rings is 1. The zero-order valence-corrected chi connectivity index (χ0v) is 26.0. The number of ether oxygens (including phenoxy) is 4. The fraction of sp³-hybridized carbons (Fsp3) is 0.462. The average Bonchev–Trinajstić information content (AvgIpc) is 3.51. The van der Waals surface area contributed by atoms with Crippen molar-refractivity contribution in [1.29, 1.82) is 0 Å². The number of hydrogen-bond acceptors (Lipinski definition) is 12. The van der Waals surface area contributed by atoms with Crippen molar-refractivity contribution in [3.05, 3.63) is 46.7 Å². The monoisotopic (exact) mass is 675 g/mol. The number of aliphatic hydroxyl groups excluding tert-OH is 1. The highest BCUT2D eigenvalue weighted by atomic mass is 31.2. The Labute approximate surface area is 259 Å². The van der Waals surface area contributed by atoms with Gasteiger partial charge in [-0.3, -0.25) is 19.2 Å². The number of nitrogens with zero attached hydrogens (tertiary/aromatic N) is 3. The van der Waals surface area contributed by atoms with E-state index in [2.05, 4.69) is 15.4 Å². The van der Waals surface area contributed by atoms with Gasteiger partial charge in [-0.05, 0) is 25.1 Å². The van der Waals surface area contributed by atoms with Crippen LogP contribution in [0.15, 0.2) is 39.7 Å². The maximum Gasteiger partial charge on any atom is 0.413 e. The molecule has 20 heteroatoms. The number of amides is 2. The van der Waals surface area contributed by atoms with Gasteiger partial charge in [0.15, 0.2) is 24.0 Å². The summed E-state index contributed by atoms with van der Waals surface area (Å²) < 4.78 is 73.8. The van der Waals surface area contributed by atoms with Crippen molar-refractivity contribution in [2.75, 3.05) is 40.2 Å². The summed E-state index contributed by atoms with van der Waals surface area (Å²) in [6, 6.07) is 4.75. The van der Waals surface area contributed by atoms with Crippen LogP contribution in [0, 0.1) is 0 Å². The zero-order chi connectivity index (χ0) is 34.0. The van der Waals surface area contributed by atoms with Crippen molar-refractivity contribution >= 4 is 36.5 Å². The highest BCUT2D eigenvalue weighted by Crippen LogP contribution is 2.45. The van der Waals surface area contributed by atoms with Gasteiger partial charge in [0.05, 0.1) is 26.9 Å². The molecule has 1 aliphatic rings. The van der Waals surface area contributed by atoms with Gasteiger partial charge >= 0.3 is 25.5 Å². The third-order valence-corrected chi connectivity index (χ3v) is 7.89. The number of alkyl halides is 2. The maximum absolute atomic E-state index is 15.0. The Morgan fingerprint density at radius 1 is 1.24 bits per heavy atom. The molecule has 2 aromatic heterocycles. The highest BCUT2D eigenvalue weighted by molar-refractivity contribution is 7.50. The highest BCUT2D eigenvalue weighted by Gasteiger charge is 2.60. The zero-order valence-electron chi connectivity index (χ0n) is 25.1. The molecule has 252 valence electrons. The van der Waals surface area contributed by atoms with E-state index in [1.807, 2.05) is 0 Å². The van der Waals surface area contributed by atoms with E-state index in [0.717, 1.165) is 17.2 Å². The topological polar surface area (TPSA) is 213 Å². The first-order valence-corrected chi connectivity index (χ1v) is 15.0. The lowest BCUT2D eigenvalue weighted by molar-refractivity contribution is -0.140. The number of aliphatic hydroxyl groups is 1. The fourth-order valence-electron chi connectivity index (χ4n) is 4.43. The standard InChI is InChI=1S/C26H32F2N5O12P/c1-13(22(35)32(2)3)31-46(38,39)43-12-18-21(34)26(27,28)23(45-18)33-7-6-19(29-24(33)36)30-25(37)42-11-16-9-14-8-15(40-4)10-17(41-5)20(14)44-16/h6-10,13,18,21,23,34H,11-12H2,1-5H3,(H2,31,38,39)(H,29,30,36,37)/t13-,18?,21+,23+/m0/s1. The summed E-state index contributed by atoms with van der Waals surface area (Å²) in [5.41, 5.74) is -0.898. The van der Waals surface area contributed by atoms with Gasteiger partial charge in [-0.1, -0.05) is 0 Å². The molecule has 46 heavy (non-hydrogen) atoms. The molecule has 0 saturated carbocycles. The number of halogens is 2. The largest absolute Gasteiger partial charge is 0.497 e. The van der Waals surface area contributed by atoms with Gasteiger partial charge in [0.25, 0.3) is 0 Å². The predicted octanol–water partition coefficient (Wildman–Crippen LogP) is 1.83. The van der Waals surface area contributed by atoms with Crippen LogP contribution < -0.4 is 25.6 Å². The molecular formula is C26H32F2N5O12P. The number of hydrogen-bond donors (Lipinski definition) is 4. The van der Waals surface area contributed by atoms with Crippen molar-refractivity contribution in [2.45, 2.75) is 43.9 Å². The van der Waals surface area contributed by atoms with Gasteiger partial charge in [-0.2, -0.15) is 13.8 Å². The van der Waals surface area contributed by atoms with E-state index in [1.165, 1.54) is 35.2 Å². The summed E-state index contributed by atoms with van der Waals surface area (Å²) >= 11 is 0. The predicted molar refractivity (Wildman–Crippen MR) is 154 cm³/mol. The molecule has 1 fully saturated rings. The molecule has 5 atom stereocenters. The van der Waals surface area contributed by atoms with Gasteiger partial charge in [0.1, 0.15) is 23.4 Å². The van der Waals surface area contributed by atoms with Crippen molar-refractivity contribution in [3.8, 4) is 11.5 Å². The minimum Gasteiger partial charge on any atom is -0.497 e. The molecule has 3 aromatic rings. The number of aromatic nitrogens is 2. The third-order valence-electron chi connectivity index (χ3n) is 6.68. The molecule has 0 radical (unpaired) electrons. The number of anilines is 1. The van der Waals surface area contributed by atoms with Crippen molar-refractivity contribution in [1.82, 2.24) is 19.5 Å². The van der Waals surface area contributed by atoms with Crippen molar-refractivity contribution in [2.24, 2.45) is 0 Å². The molecule has 1 aliphatic heterocycles. The lowest BCUT2D eigenvalue weighted by Gasteiger charge is -2.22. The summed E-state index contributed by atoms with van der Waals surface area (Å²) in [4.78, 5) is 51.6. The van der Waals surface area contributed by atoms with E-state index >= 15 is 0 Å². The quantitative estimate of drug-likeness (QED) is 0.202. The van der Waals surface area contributed by atoms with E-state index in [9.17, 15) is 37.7 Å². The lowest BCUT2D eigenvalue weighted by atomic mass is 10.1. The molecule has 17 nitrogen and oxygen atoms in total. The number of rotatable bonds is 12. The van der Waals surface area contributed by atoms with Crippen LogP contribution in [-0.4, -0.2) is 95.5 Å². The number of carbonyl (C=O) groups is 2. The summed E-state index contributed by atoms with van der Waals surface area (Å²) in [5.74, 6) is -3.82. The number of furan rings is 1. The SMILES string of the molecule is COc1cc(OC)c2oc(COC(=O)Nc3ccn([C@@H]4OC(COP(=O)(O)N[C@@H](C)C(=O)N(C)C)[C@@H](O)C4(F)F)c(=O)n3)cc2c1. The summed E-state index contributed by atoms with van der Waals surface area (Å²) in [6.45, 7) is -0.0443. The van der Waals surface area contributed by atoms with Crippen LogP contribution >= 0.6 is 7.75 Å². The first-order valence-electron chi connectivity index (χ1n) is 13.4. The Morgan fingerprint density at radius 3 is 2.59 bits per heavy atom. The number of methoxy groups -OCH3 is 2. The van der Waals surface area contributed by atoms with E-state index in [1.54, 1.807) is 18.2 Å². The molecule has 3 heterocycles. The second-order valence-electron chi connectivity index (χ2n) is 10.2. The molecular weight excluding hydrogens is 643 g/mol. The smallest absolute Gasteiger partial charge is 0.413 e. The fourth-order valence-corrected chi connectivity index (χ4v) is 5.46. The van der Waals surface area contributed by atoms with Crippen LogP contribution in [0.5, 0.6) is 11.5 Å². The second kappa shape index (κ2) is 13.7. The molecule has 0 aliphatic carbocycles. The molecule has 4 rings (SSSR count). The Morgan fingerprint density at radius 2 is 1.96 bits per heavy atom. The van der Waals surface area contributed by atoms with E-state index < -0.39 is 62.4 Å². The van der Waals surface area contributed by atoms with Crippen LogP contribution in [0.2, 0.25) is 0 Å². The van der Waals surface area contributed by atoms with E-state index in [4.69, 9.17) is 27.9 Å². The molecule has 2 amide bonds. The first-order chi connectivity index (χ1) is 21.6. The molecule has 1 saturated heterocycles. The van der Waals surface area contributed by atoms with Gasteiger partial charge in [0.2, 0.25) is 12.1 Å². The van der Waals surface area contributed by atoms with Crippen LogP contribution in [0.1, 0.15) is 18.9 Å². The summed E-state index contributed by atoms with van der Waals surface area (Å²) in [5, 5.41) is 15.0. The Hall–Kier alpha value is -4.13. The van der Waals surface area contributed by atoms with Gasteiger partial charge in [-0.25, -0.2) is 19.2 Å². The van der Waals surface area contributed by atoms with E-state index in [0.29, 0.717) is 27.0 Å². The molecule has 2 unspecified atom stereocenters. The number of likely N-dealkylation sites (N-methyl/N-ethyl adjacent to an activating group) is 1. The molecule has 4 N–H and O–H groups in total. The van der Waals surface area contributed by atoms with Crippen LogP contribution in [0.4, 0.5) is 19.4 Å². The van der Waals surface area contributed by atoms with Crippen molar-refractivity contribution in [3.63, 3.8) is 0 Å². The van der Waals surface area contributed by atoms with Crippen molar-refractivity contribution < 1.29 is 60.8 Å². The second-order valence-corrected chi connectivity index (χ2v) is 11.8. The Balaban J connectivity index is 1.37. The number of carbonyl (C=O) groups excluding carboxylic acids is 2. The van der Waals surface area contributed by atoms with Gasteiger partial charge in [0, 0.05) is 31.7 Å². The first kappa shape index (κ1) is 34.7. The molecule has 0 bridgehead atoms. The third kappa shape index (κ3) is 7.63.